The summed E-state index contributed by atoms with van der Waals surface area (Å²) in [6, 6.07) is 6.04. The molecule has 2 aromatic heterocycles. The third kappa shape index (κ3) is 2.25. The Hall–Kier alpha value is -1.06. The van der Waals surface area contributed by atoms with Gasteiger partial charge in [-0.1, -0.05) is 0 Å². The van der Waals surface area contributed by atoms with Crippen LogP contribution in [0, 0.1) is 6.92 Å². The fourth-order valence-electron chi connectivity index (χ4n) is 1.30. The molecular weight excluding hydrogens is 194 g/mol. The quantitative estimate of drug-likeness (QED) is 0.834. The molecule has 0 fully saturated rings. The van der Waals surface area contributed by atoms with E-state index in [2.05, 4.69) is 23.7 Å². The highest BCUT2D eigenvalue weighted by molar-refractivity contribution is 7.10. The van der Waals surface area contributed by atoms with Gasteiger partial charge in [-0.25, -0.2) is 0 Å². The average molecular weight is 207 g/mol. The lowest BCUT2D eigenvalue weighted by molar-refractivity contribution is 0.483. The summed E-state index contributed by atoms with van der Waals surface area (Å²) < 4.78 is 5.22. The number of nitrogens with one attached hydrogen (secondary N) is 1. The third-order valence-corrected chi connectivity index (χ3v) is 3.16. The van der Waals surface area contributed by atoms with Crippen molar-refractivity contribution in [1.29, 1.82) is 0 Å². The van der Waals surface area contributed by atoms with Gasteiger partial charge in [-0.05, 0) is 36.1 Å². The summed E-state index contributed by atoms with van der Waals surface area (Å²) in [6.07, 6.45) is 1.70. The highest BCUT2D eigenvalue weighted by atomic mass is 32.1. The van der Waals surface area contributed by atoms with Crippen LogP contribution < -0.4 is 5.32 Å². The second kappa shape index (κ2) is 4.44. The molecular formula is C11H13NOS. The zero-order chi connectivity index (χ0) is 9.80. The van der Waals surface area contributed by atoms with Crippen LogP contribution in [-0.4, -0.2) is 0 Å². The maximum atomic E-state index is 5.22. The van der Waals surface area contributed by atoms with Gasteiger partial charge in [0.15, 0.2) is 0 Å². The molecule has 2 aromatic rings. The van der Waals surface area contributed by atoms with Crippen LogP contribution in [0.2, 0.25) is 0 Å². The van der Waals surface area contributed by atoms with Gasteiger partial charge in [-0.15, -0.1) is 11.3 Å². The molecule has 0 aliphatic heterocycles. The maximum Gasteiger partial charge on any atom is 0.117 e. The topological polar surface area (TPSA) is 25.2 Å². The van der Waals surface area contributed by atoms with Crippen LogP contribution in [-0.2, 0) is 13.1 Å². The third-order valence-electron chi connectivity index (χ3n) is 2.13. The van der Waals surface area contributed by atoms with Crippen molar-refractivity contribution in [3.05, 3.63) is 46.0 Å². The molecule has 0 amide bonds. The number of hydrogen-bond donors (Lipinski definition) is 1. The molecule has 0 aliphatic carbocycles. The highest BCUT2D eigenvalue weighted by Crippen LogP contribution is 2.14. The lowest BCUT2D eigenvalue weighted by Crippen LogP contribution is -2.11. The van der Waals surface area contributed by atoms with Crippen molar-refractivity contribution >= 4 is 11.3 Å². The number of aryl methyl sites for hydroxylation is 1. The number of hydrogen-bond acceptors (Lipinski definition) is 3. The van der Waals surface area contributed by atoms with Crippen LogP contribution in [0.5, 0.6) is 0 Å². The summed E-state index contributed by atoms with van der Waals surface area (Å²) in [6.45, 7) is 3.86. The Kier molecular flexibility index (Phi) is 3.01. The molecule has 2 rings (SSSR count). The Morgan fingerprint density at radius 2 is 2.29 bits per heavy atom. The van der Waals surface area contributed by atoms with Crippen molar-refractivity contribution in [2.45, 2.75) is 20.0 Å². The van der Waals surface area contributed by atoms with Crippen molar-refractivity contribution in [2.75, 3.05) is 0 Å². The Morgan fingerprint density at radius 3 is 2.93 bits per heavy atom. The molecule has 14 heavy (non-hydrogen) atoms. The lowest BCUT2D eigenvalue weighted by Gasteiger charge is -2.01. The zero-order valence-electron chi connectivity index (χ0n) is 8.12. The molecule has 0 spiro atoms. The van der Waals surface area contributed by atoms with Crippen LogP contribution in [0.1, 0.15) is 16.2 Å². The first kappa shape index (κ1) is 9.49. The second-order valence-electron chi connectivity index (χ2n) is 3.21. The van der Waals surface area contributed by atoms with Gasteiger partial charge in [0.25, 0.3) is 0 Å². The lowest BCUT2D eigenvalue weighted by atomic mass is 10.3. The Morgan fingerprint density at radius 1 is 1.36 bits per heavy atom. The van der Waals surface area contributed by atoms with E-state index in [4.69, 9.17) is 4.42 Å². The number of thiophene rings is 1. The number of rotatable bonds is 4. The van der Waals surface area contributed by atoms with E-state index in [9.17, 15) is 0 Å². The summed E-state index contributed by atoms with van der Waals surface area (Å²) in [5.74, 6) is 0.985. The van der Waals surface area contributed by atoms with Gasteiger partial charge in [0.05, 0.1) is 12.8 Å². The van der Waals surface area contributed by atoms with Crippen molar-refractivity contribution in [1.82, 2.24) is 5.32 Å². The summed E-state index contributed by atoms with van der Waals surface area (Å²) in [7, 11) is 0. The van der Waals surface area contributed by atoms with E-state index in [0.717, 1.165) is 18.8 Å². The van der Waals surface area contributed by atoms with Crippen molar-refractivity contribution in [3.63, 3.8) is 0 Å². The Labute approximate surface area is 87.6 Å². The van der Waals surface area contributed by atoms with E-state index < -0.39 is 0 Å². The molecule has 0 aliphatic rings. The molecule has 0 saturated heterocycles. The Balaban J connectivity index is 1.81. The maximum absolute atomic E-state index is 5.22. The van der Waals surface area contributed by atoms with Crippen LogP contribution >= 0.6 is 11.3 Å². The molecule has 3 heteroatoms. The first-order valence-corrected chi connectivity index (χ1v) is 5.50. The Bertz CT molecular complexity index is 378. The van der Waals surface area contributed by atoms with Gasteiger partial charge in [0, 0.05) is 11.4 Å². The van der Waals surface area contributed by atoms with Crippen LogP contribution in [0.4, 0.5) is 0 Å². The monoisotopic (exact) mass is 207 g/mol. The molecule has 1 N–H and O–H groups in total. The van der Waals surface area contributed by atoms with Gasteiger partial charge in [-0.2, -0.15) is 0 Å². The van der Waals surface area contributed by atoms with E-state index in [1.54, 1.807) is 17.6 Å². The molecule has 2 heterocycles. The average Bonchev–Trinajstić information content (AvgIpc) is 2.78. The molecule has 74 valence electrons. The SMILES string of the molecule is Cc1ccsc1CNCc1ccco1. The first-order valence-electron chi connectivity index (χ1n) is 4.62. The van der Waals surface area contributed by atoms with E-state index in [1.165, 1.54) is 10.4 Å². The van der Waals surface area contributed by atoms with E-state index in [-0.39, 0.29) is 0 Å². The van der Waals surface area contributed by atoms with Crippen molar-refractivity contribution in [2.24, 2.45) is 0 Å². The fourth-order valence-corrected chi connectivity index (χ4v) is 2.17. The minimum Gasteiger partial charge on any atom is -0.468 e. The van der Waals surface area contributed by atoms with Gasteiger partial charge >= 0.3 is 0 Å². The predicted octanol–water partition coefficient (Wildman–Crippen LogP) is 2.94. The van der Waals surface area contributed by atoms with E-state index >= 15 is 0 Å². The largest absolute Gasteiger partial charge is 0.468 e. The molecule has 0 bridgehead atoms. The highest BCUT2D eigenvalue weighted by Gasteiger charge is 1.99. The minimum absolute atomic E-state index is 0.796. The fraction of sp³-hybridized carbons (Fsp3) is 0.273. The van der Waals surface area contributed by atoms with Gasteiger partial charge < -0.3 is 9.73 Å². The van der Waals surface area contributed by atoms with E-state index in [0.29, 0.717) is 0 Å². The number of furan rings is 1. The molecule has 0 radical (unpaired) electrons. The van der Waals surface area contributed by atoms with Gasteiger partial charge in [0.2, 0.25) is 0 Å². The summed E-state index contributed by atoms with van der Waals surface area (Å²) in [5, 5.41) is 5.47. The normalized spacial score (nSPS) is 10.6. The van der Waals surface area contributed by atoms with Crippen molar-refractivity contribution in [3.8, 4) is 0 Å². The smallest absolute Gasteiger partial charge is 0.117 e. The van der Waals surface area contributed by atoms with Crippen LogP contribution in [0.15, 0.2) is 34.3 Å². The molecule has 0 saturated carbocycles. The minimum atomic E-state index is 0.796. The van der Waals surface area contributed by atoms with Gasteiger partial charge in [-0.3, -0.25) is 0 Å². The van der Waals surface area contributed by atoms with E-state index in [1.807, 2.05) is 12.1 Å². The predicted molar refractivity (Wildman–Crippen MR) is 58.3 cm³/mol. The molecule has 2 nitrogen and oxygen atoms in total. The zero-order valence-corrected chi connectivity index (χ0v) is 8.93. The summed E-state index contributed by atoms with van der Waals surface area (Å²) >= 11 is 1.79. The summed E-state index contributed by atoms with van der Waals surface area (Å²) in [5.41, 5.74) is 1.36. The van der Waals surface area contributed by atoms with Gasteiger partial charge in [0.1, 0.15) is 5.76 Å². The molecule has 0 aromatic carbocycles. The van der Waals surface area contributed by atoms with Crippen LogP contribution in [0.25, 0.3) is 0 Å². The molecule has 0 atom stereocenters. The first-order chi connectivity index (χ1) is 6.86. The van der Waals surface area contributed by atoms with Crippen molar-refractivity contribution < 1.29 is 4.42 Å². The summed E-state index contributed by atoms with van der Waals surface area (Å²) in [4.78, 5) is 1.40. The second-order valence-corrected chi connectivity index (χ2v) is 4.21. The van der Waals surface area contributed by atoms with Crippen LogP contribution in [0.3, 0.4) is 0 Å². The molecule has 0 unspecified atom stereocenters. The standard InChI is InChI=1S/C11H13NOS/c1-9-4-6-14-11(9)8-12-7-10-3-2-5-13-10/h2-6,12H,7-8H2,1H3.